The Morgan fingerprint density at radius 3 is 2.74 bits per heavy atom. The third-order valence-electron chi connectivity index (χ3n) is 4.10. The van der Waals surface area contributed by atoms with Gasteiger partial charge in [-0.05, 0) is 24.1 Å². The first-order valence-electron chi connectivity index (χ1n) is 7.39. The number of hydrogen-bond acceptors (Lipinski definition) is 4. The SMILES string of the molecule is COc1ccc(CC(=O)N2CCc3c([nH][nH]c3=O)C2)cc1OC. The molecule has 0 bridgehead atoms. The Kier molecular flexibility index (Phi) is 4.10. The second kappa shape index (κ2) is 6.20. The van der Waals surface area contributed by atoms with Crippen LogP contribution in [-0.4, -0.2) is 41.8 Å². The molecular weight excluding hydrogens is 298 g/mol. The van der Waals surface area contributed by atoms with Crippen LogP contribution >= 0.6 is 0 Å². The maximum absolute atomic E-state index is 12.5. The first kappa shape index (κ1) is 15.2. The summed E-state index contributed by atoms with van der Waals surface area (Å²) in [5, 5.41) is 5.41. The van der Waals surface area contributed by atoms with Gasteiger partial charge in [-0.3, -0.25) is 14.7 Å². The summed E-state index contributed by atoms with van der Waals surface area (Å²) in [4.78, 5) is 25.8. The molecule has 0 fully saturated rings. The van der Waals surface area contributed by atoms with Crippen molar-refractivity contribution < 1.29 is 14.3 Å². The van der Waals surface area contributed by atoms with Crippen LogP contribution in [0.25, 0.3) is 0 Å². The summed E-state index contributed by atoms with van der Waals surface area (Å²) in [6, 6.07) is 5.45. The van der Waals surface area contributed by atoms with Crippen molar-refractivity contribution in [2.45, 2.75) is 19.4 Å². The molecule has 1 amide bonds. The molecule has 0 aliphatic carbocycles. The standard InChI is InChI=1S/C16H19N3O4/c1-22-13-4-3-10(7-14(13)23-2)8-15(20)19-6-5-11-12(9-19)17-18-16(11)21/h3-4,7H,5-6,8-9H2,1-2H3,(H2,17,18,21). The van der Waals surface area contributed by atoms with E-state index >= 15 is 0 Å². The van der Waals surface area contributed by atoms with Gasteiger partial charge in [0.05, 0.1) is 32.9 Å². The van der Waals surface area contributed by atoms with Gasteiger partial charge in [0.15, 0.2) is 11.5 Å². The second-order valence-corrected chi connectivity index (χ2v) is 5.47. The molecule has 0 unspecified atom stereocenters. The zero-order valence-corrected chi connectivity index (χ0v) is 13.1. The number of nitrogens with zero attached hydrogens (tertiary/aromatic N) is 1. The van der Waals surface area contributed by atoms with Crippen molar-refractivity contribution in [1.82, 2.24) is 15.1 Å². The van der Waals surface area contributed by atoms with Gasteiger partial charge in [-0.2, -0.15) is 0 Å². The molecule has 2 heterocycles. The van der Waals surface area contributed by atoms with Crippen LogP contribution in [0.15, 0.2) is 23.0 Å². The number of carbonyl (C=O) groups is 1. The molecule has 0 spiro atoms. The van der Waals surface area contributed by atoms with E-state index in [-0.39, 0.29) is 17.9 Å². The van der Waals surface area contributed by atoms with Crippen molar-refractivity contribution in [3.8, 4) is 11.5 Å². The smallest absolute Gasteiger partial charge is 0.267 e. The fraction of sp³-hybridized carbons (Fsp3) is 0.375. The zero-order chi connectivity index (χ0) is 16.4. The van der Waals surface area contributed by atoms with Gasteiger partial charge < -0.3 is 19.5 Å². The lowest BCUT2D eigenvalue weighted by Crippen LogP contribution is -2.37. The van der Waals surface area contributed by atoms with Crippen molar-refractivity contribution in [1.29, 1.82) is 0 Å². The molecule has 1 aromatic heterocycles. The van der Waals surface area contributed by atoms with Crippen molar-refractivity contribution in [3.63, 3.8) is 0 Å². The van der Waals surface area contributed by atoms with E-state index in [0.29, 0.717) is 31.0 Å². The molecular formula is C16H19N3O4. The molecule has 23 heavy (non-hydrogen) atoms. The summed E-state index contributed by atoms with van der Waals surface area (Å²) in [5.41, 5.74) is 2.31. The Labute approximate surface area is 133 Å². The molecule has 7 heteroatoms. The number of aromatic nitrogens is 2. The average molecular weight is 317 g/mol. The number of ether oxygens (including phenoxy) is 2. The number of carbonyl (C=O) groups excluding carboxylic acids is 1. The summed E-state index contributed by atoms with van der Waals surface area (Å²) in [7, 11) is 3.14. The second-order valence-electron chi connectivity index (χ2n) is 5.47. The Balaban J connectivity index is 1.71. The minimum Gasteiger partial charge on any atom is -0.493 e. The number of rotatable bonds is 4. The fourth-order valence-electron chi connectivity index (χ4n) is 2.83. The molecule has 1 aromatic carbocycles. The van der Waals surface area contributed by atoms with E-state index in [9.17, 15) is 9.59 Å². The van der Waals surface area contributed by atoms with Crippen molar-refractivity contribution in [3.05, 3.63) is 45.4 Å². The topological polar surface area (TPSA) is 87.4 Å². The Morgan fingerprint density at radius 1 is 1.22 bits per heavy atom. The molecule has 0 radical (unpaired) electrons. The quantitative estimate of drug-likeness (QED) is 0.875. The lowest BCUT2D eigenvalue weighted by molar-refractivity contribution is -0.131. The predicted molar refractivity (Wildman–Crippen MR) is 83.8 cm³/mol. The van der Waals surface area contributed by atoms with E-state index in [2.05, 4.69) is 10.2 Å². The molecule has 7 nitrogen and oxygen atoms in total. The first-order chi connectivity index (χ1) is 11.1. The minimum absolute atomic E-state index is 0.0184. The van der Waals surface area contributed by atoms with E-state index < -0.39 is 0 Å². The van der Waals surface area contributed by atoms with Gasteiger partial charge in [-0.15, -0.1) is 0 Å². The van der Waals surface area contributed by atoms with Gasteiger partial charge in [0.2, 0.25) is 5.91 Å². The van der Waals surface area contributed by atoms with Crippen LogP contribution in [0, 0.1) is 0 Å². The van der Waals surface area contributed by atoms with Crippen LogP contribution < -0.4 is 15.0 Å². The highest BCUT2D eigenvalue weighted by Crippen LogP contribution is 2.28. The lowest BCUT2D eigenvalue weighted by Gasteiger charge is -2.26. The predicted octanol–water partition coefficient (Wildman–Crippen LogP) is 0.848. The van der Waals surface area contributed by atoms with E-state index in [1.807, 2.05) is 12.1 Å². The molecule has 3 rings (SSSR count). The molecule has 0 saturated heterocycles. The van der Waals surface area contributed by atoms with E-state index in [1.54, 1.807) is 25.2 Å². The number of nitrogens with one attached hydrogen (secondary N) is 2. The van der Waals surface area contributed by atoms with Crippen molar-refractivity contribution >= 4 is 5.91 Å². The molecule has 2 aromatic rings. The maximum atomic E-state index is 12.5. The van der Waals surface area contributed by atoms with Gasteiger partial charge in [-0.25, -0.2) is 0 Å². The van der Waals surface area contributed by atoms with Gasteiger partial charge in [0.25, 0.3) is 5.56 Å². The molecule has 122 valence electrons. The number of fused-ring (bicyclic) bond motifs is 1. The van der Waals surface area contributed by atoms with Crippen LogP contribution in [0.2, 0.25) is 0 Å². The highest BCUT2D eigenvalue weighted by Gasteiger charge is 2.24. The molecule has 0 saturated carbocycles. The van der Waals surface area contributed by atoms with E-state index in [4.69, 9.17) is 9.47 Å². The summed E-state index contributed by atoms with van der Waals surface area (Å²) >= 11 is 0. The highest BCUT2D eigenvalue weighted by molar-refractivity contribution is 5.79. The lowest BCUT2D eigenvalue weighted by atomic mass is 10.1. The van der Waals surface area contributed by atoms with Crippen molar-refractivity contribution in [2.75, 3.05) is 20.8 Å². The van der Waals surface area contributed by atoms with Crippen LogP contribution in [-0.2, 0) is 24.2 Å². The Morgan fingerprint density at radius 2 is 2.00 bits per heavy atom. The average Bonchev–Trinajstić information content (AvgIpc) is 2.95. The third-order valence-corrected chi connectivity index (χ3v) is 4.10. The van der Waals surface area contributed by atoms with Gasteiger partial charge in [0.1, 0.15) is 0 Å². The highest BCUT2D eigenvalue weighted by atomic mass is 16.5. The molecule has 0 atom stereocenters. The number of H-pyrrole nitrogens is 2. The fourth-order valence-corrected chi connectivity index (χ4v) is 2.83. The number of methoxy groups -OCH3 is 2. The first-order valence-corrected chi connectivity index (χ1v) is 7.39. The Hall–Kier alpha value is -2.70. The largest absolute Gasteiger partial charge is 0.493 e. The number of amides is 1. The number of aromatic amines is 2. The Bertz CT molecular complexity index is 778. The summed E-state index contributed by atoms with van der Waals surface area (Å²) in [6.07, 6.45) is 0.857. The summed E-state index contributed by atoms with van der Waals surface area (Å²) in [5.74, 6) is 1.26. The van der Waals surface area contributed by atoms with Crippen LogP contribution in [0.1, 0.15) is 16.8 Å². The van der Waals surface area contributed by atoms with Gasteiger partial charge in [0, 0.05) is 12.1 Å². The number of benzene rings is 1. The summed E-state index contributed by atoms with van der Waals surface area (Å²) in [6.45, 7) is 0.986. The zero-order valence-electron chi connectivity index (χ0n) is 13.1. The maximum Gasteiger partial charge on any atom is 0.267 e. The monoisotopic (exact) mass is 317 g/mol. The van der Waals surface area contributed by atoms with E-state index in [0.717, 1.165) is 16.8 Å². The molecule has 2 N–H and O–H groups in total. The summed E-state index contributed by atoms with van der Waals surface area (Å²) < 4.78 is 10.5. The van der Waals surface area contributed by atoms with Gasteiger partial charge >= 0.3 is 0 Å². The van der Waals surface area contributed by atoms with Gasteiger partial charge in [-0.1, -0.05) is 6.07 Å². The minimum atomic E-state index is -0.0908. The normalized spacial score (nSPS) is 13.6. The third kappa shape index (κ3) is 2.94. The van der Waals surface area contributed by atoms with Crippen LogP contribution in [0.5, 0.6) is 11.5 Å². The number of hydrogen-bond donors (Lipinski definition) is 2. The molecule has 1 aliphatic rings. The van der Waals surface area contributed by atoms with Crippen LogP contribution in [0.3, 0.4) is 0 Å². The van der Waals surface area contributed by atoms with Crippen molar-refractivity contribution in [2.24, 2.45) is 0 Å². The molecule has 1 aliphatic heterocycles. The van der Waals surface area contributed by atoms with E-state index in [1.165, 1.54) is 0 Å². The van der Waals surface area contributed by atoms with Crippen LogP contribution in [0.4, 0.5) is 0 Å².